The third-order valence-electron chi connectivity index (χ3n) is 7.50. The van der Waals surface area contributed by atoms with E-state index in [1.165, 1.54) is 51.4 Å². The van der Waals surface area contributed by atoms with Crippen LogP contribution in [0.4, 0.5) is 0 Å². The second kappa shape index (κ2) is 21.1. The van der Waals surface area contributed by atoms with Gasteiger partial charge in [0.15, 0.2) is 18.1 Å². The molecule has 37 heavy (non-hydrogen) atoms. The van der Waals surface area contributed by atoms with Crippen LogP contribution in [0.3, 0.4) is 0 Å². The molecule has 0 saturated carbocycles. The summed E-state index contributed by atoms with van der Waals surface area (Å²) in [5.41, 5.74) is 0. The molecule has 0 aromatic heterocycles. The number of aliphatic carboxylic acids is 3. The molecule has 0 radical (unpaired) electrons. The molecule has 7 nitrogen and oxygen atoms in total. The molecule has 0 rings (SSSR count). The molecule has 0 aliphatic carbocycles. The molecule has 0 fully saturated rings. The van der Waals surface area contributed by atoms with Gasteiger partial charge in [0.25, 0.3) is 0 Å². The lowest BCUT2D eigenvalue weighted by atomic mass is 9.93. The van der Waals surface area contributed by atoms with Crippen LogP contribution in [0.1, 0.15) is 143 Å². The maximum atomic E-state index is 12.5. The van der Waals surface area contributed by atoms with Crippen LogP contribution in [0.15, 0.2) is 12.3 Å². The van der Waals surface area contributed by atoms with Crippen molar-refractivity contribution in [3.63, 3.8) is 0 Å². The molecule has 0 aliphatic rings. The van der Waals surface area contributed by atoms with Crippen LogP contribution in [0.5, 0.6) is 0 Å². The highest BCUT2D eigenvalue weighted by Gasteiger charge is 2.56. The first kappa shape index (κ1) is 35.1. The van der Waals surface area contributed by atoms with Crippen LogP contribution < -0.4 is 0 Å². The van der Waals surface area contributed by atoms with Crippen molar-refractivity contribution in [3.05, 3.63) is 12.3 Å². The minimum atomic E-state index is -1.13. The van der Waals surface area contributed by atoms with Crippen LogP contribution in [-0.2, 0) is 14.4 Å². The first-order chi connectivity index (χ1) is 17.7. The summed E-state index contributed by atoms with van der Waals surface area (Å²) in [4.78, 5) is 37.5. The van der Waals surface area contributed by atoms with Gasteiger partial charge in [-0.2, -0.15) is 0 Å². The Morgan fingerprint density at radius 1 is 0.541 bits per heavy atom. The summed E-state index contributed by atoms with van der Waals surface area (Å²) >= 11 is 0. The summed E-state index contributed by atoms with van der Waals surface area (Å²) in [6, 6.07) is -3.38. The summed E-state index contributed by atoms with van der Waals surface area (Å²) in [5, 5.41) is 30.6. The predicted molar refractivity (Wildman–Crippen MR) is 149 cm³/mol. The maximum Gasteiger partial charge on any atom is 0.363 e. The average molecular weight is 527 g/mol. The maximum absolute atomic E-state index is 12.5. The van der Waals surface area contributed by atoms with Crippen molar-refractivity contribution in [2.75, 3.05) is 0 Å². The summed E-state index contributed by atoms with van der Waals surface area (Å²) in [6.07, 6.45) is 19.9. The highest BCUT2D eigenvalue weighted by Crippen LogP contribution is 2.34. The molecule has 3 N–H and O–H groups in total. The van der Waals surface area contributed by atoms with Gasteiger partial charge >= 0.3 is 17.9 Å². The number of hydrogen-bond donors (Lipinski definition) is 3. The SMILES string of the molecule is CCCCCCCCCCCCC/C=C/[N+](C(CCC)C(=O)O)(C(CCC)C(=O)O)C(CCC)C(=O)O. The van der Waals surface area contributed by atoms with Gasteiger partial charge < -0.3 is 15.3 Å². The highest BCUT2D eigenvalue weighted by atomic mass is 16.4. The molecule has 0 aromatic rings. The fraction of sp³-hybridized carbons (Fsp3) is 0.833. The Hall–Kier alpha value is -1.89. The van der Waals surface area contributed by atoms with Gasteiger partial charge in [-0.25, -0.2) is 14.4 Å². The van der Waals surface area contributed by atoms with E-state index in [1.807, 2.05) is 26.8 Å². The number of carboxylic acid groups (broad SMARTS) is 3. The molecule has 3 unspecified atom stereocenters. The second-order valence-electron chi connectivity index (χ2n) is 10.5. The van der Waals surface area contributed by atoms with Gasteiger partial charge in [0.2, 0.25) is 0 Å². The molecule has 0 saturated heterocycles. The van der Waals surface area contributed by atoms with E-state index >= 15 is 0 Å². The van der Waals surface area contributed by atoms with E-state index in [-0.39, 0.29) is 19.3 Å². The molecule has 0 amide bonds. The van der Waals surface area contributed by atoms with Crippen molar-refractivity contribution in [1.29, 1.82) is 0 Å². The van der Waals surface area contributed by atoms with Gasteiger partial charge in [0.05, 0.1) is 6.20 Å². The number of carboxylic acids is 3. The van der Waals surface area contributed by atoms with Crippen LogP contribution >= 0.6 is 0 Å². The predicted octanol–water partition coefficient (Wildman–Crippen LogP) is 7.78. The molecular formula is C30H56NO6+. The van der Waals surface area contributed by atoms with Crippen molar-refractivity contribution >= 4 is 17.9 Å². The van der Waals surface area contributed by atoms with Crippen LogP contribution in [0.2, 0.25) is 0 Å². The Bertz CT molecular complexity index is 603. The van der Waals surface area contributed by atoms with Crippen LogP contribution in [-0.4, -0.2) is 55.8 Å². The number of allylic oxidation sites excluding steroid dienone is 1. The van der Waals surface area contributed by atoms with Gasteiger partial charge in [-0.15, -0.1) is 0 Å². The van der Waals surface area contributed by atoms with Gasteiger partial charge in [0, 0.05) is 19.3 Å². The topological polar surface area (TPSA) is 112 Å². The van der Waals surface area contributed by atoms with E-state index in [0.29, 0.717) is 25.7 Å². The lowest BCUT2D eigenvalue weighted by Gasteiger charge is -2.47. The number of hydrogen-bond acceptors (Lipinski definition) is 3. The van der Waals surface area contributed by atoms with Gasteiger partial charge in [0.1, 0.15) is 0 Å². The number of nitrogens with zero attached hydrogens (tertiary/aromatic N) is 1. The van der Waals surface area contributed by atoms with Crippen molar-refractivity contribution in [2.45, 2.75) is 161 Å². The Balaban J connectivity index is 5.59. The van der Waals surface area contributed by atoms with Crippen LogP contribution in [0, 0.1) is 0 Å². The van der Waals surface area contributed by atoms with E-state index in [0.717, 1.165) is 19.3 Å². The number of carbonyl (C=O) groups is 3. The van der Waals surface area contributed by atoms with E-state index in [1.54, 1.807) is 6.20 Å². The van der Waals surface area contributed by atoms with Gasteiger partial charge in [-0.05, 0) is 38.2 Å². The standard InChI is InChI=1S/C30H55NO6/c1-5-9-10-11-12-13-14-15-16-17-18-19-20-24-31(25(21-6-2)28(32)33,26(22-7-3)29(34)35)27(23-8-4)30(36)37/h20,24-27H,5-19,21-23H2,1-4H3,(H2-,32,33,34,35,36,37)/p+1/b24-20+. The zero-order chi connectivity index (χ0) is 28.1. The normalized spacial score (nSPS) is 15.8. The largest absolute Gasteiger partial charge is 0.477 e. The van der Waals surface area contributed by atoms with Crippen molar-refractivity contribution in [3.8, 4) is 0 Å². The number of quaternary nitrogens is 1. The average Bonchev–Trinajstić information content (AvgIpc) is 2.85. The second-order valence-corrected chi connectivity index (χ2v) is 10.5. The smallest absolute Gasteiger partial charge is 0.363 e. The lowest BCUT2D eigenvalue weighted by molar-refractivity contribution is -0.928. The lowest BCUT2D eigenvalue weighted by Crippen LogP contribution is -2.69. The first-order valence-corrected chi connectivity index (χ1v) is 15.0. The number of unbranched alkanes of at least 4 members (excludes halogenated alkanes) is 11. The molecule has 0 aromatic carbocycles. The molecule has 7 heteroatoms. The third kappa shape index (κ3) is 12.5. The van der Waals surface area contributed by atoms with E-state index in [9.17, 15) is 29.7 Å². The summed E-state index contributed by atoms with van der Waals surface area (Å²) in [6.45, 7) is 7.79. The molecular weight excluding hydrogens is 470 g/mol. The third-order valence-corrected chi connectivity index (χ3v) is 7.50. The molecule has 0 heterocycles. The zero-order valence-electron chi connectivity index (χ0n) is 24.1. The zero-order valence-corrected chi connectivity index (χ0v) is 24.1. The summed E-state index contributed by atoms with van der Waals surface area (Å²) < 4.78 is -0.548. The van der Waals surface area contributed by atoms with Crippen molar-refractivity contribution in [2.24, 2.45) is 0 Å². The van der Waals surface area contributed by atoms with Crippen LogP contribution in [0.25, 0.3) is 0 Å². The van der Waals surface area contributed by atoms with Crippen molar-refractivity contribution in [1.82, 2.24) is 0 Å². The van der Waals surface area contributed by atoms with E-state index in [2.05, 4.69) is 6.92 Å². The Kier molecular flexibility index (Phi) is 20.0. The van der Waals surface area contributed by atoms with Gasteiger partial charge in [-0.1, -0.05) is 91.9 Å². The molecule has 216 valence electrons. The van der Waals surface area contributed by atoms with Crippen molar-refractivity contribution < 1.29 is 34.2 Å². The minimum Gasteiger partial charge on any atom is -0.477 e. The fourth-order valence-electron chi connectivity index (χ4n) is 5.58. The molecule has 0 aliphatic heterocycles. The minimum absolute atomic E-state index is 0.221. The van der Waals surface area contributed by atoms with Gasteiger partial charge in [-0.3, -0.25) is 4.48 Å². The number of rotatable bonds is 25. The highest BCUT2D eigenvalue weighted by molar-refractivity contribution is 5.78. The Labute approximate surface area is 225 Å². The Morgan fingerprint density at radius 2 is 0.865 bits per heavy atom. The Morgan fingerprint density at radius 3 is 1.16 bits per heavy atom. The molecule has 3 atom stereocenters. The summed E-state index contributed by atoms with van der Waals surface area (Å²) in [5.74, 6) is -3.40. The van der Waals surface area contributed by atoms with E-state index < -0.39 is 40.5 Å². The molecule has 0 bridgehead atoms. The van der Waals surface area contributed by atoms with E-state index in [4.69, 9.17) is 0 Å². The molecule has 0 spiro atoms. The monoisotopic (exact) mass is 526 g/mol. The summed E-state index contributed by atoms with van der Waals surface area (Å²) in [7, 11) is 0. The first-order valence-electron chi connectivity index (χ1n) is 15.0. The fourth-order valence-corrected chi connectivity index (χ4v) is 5.58. The quantitative estimate of drug-likeness (QED) is 0.0827.